The maximum absolute atomic E-state index is 14.2. The molecule has 0 bridgehead atoms. The second-order valence-electron chi connectivity index (χ2n) is 8.42. The average Bonchev–Trinajstić information content (AvgIpc) is 3.07. The summed E-state index contributed by atoms with van der Waals surface area (Å²) in [5.41, 5.74) is 7.18. The molecule has 0 aliphatic heterocycles. The minimum absolute atomic E-state index is 0.0833. The predicted molar refractivity (Wildman–Crippen MR) is 116 cm³/mol. The zero-order valence-electron chi connectivity index (χ0n) is 17.2. The van der Waals surface area contributed by atoms with Crippen LogP contribution in [0, 0.1) is 23.0 Å². The molecule has 0 unspecified atom stereocenters. The number of hydrogen-bond donors (Lipinski definition) is 2. The molecule has 0 spiro atoms. The Labute approximate surface area is 182 Å². The molecule has 0 atom stereocenters. The van der Waals surface area contributed by atoms with Crippen LogP contribution in [0.1, 0.15) is 31.4 Å². The number of nitrogens with two attached hydrogens (primary N) is 1. The number of nitrogens with zero attached hydrogens (tertiary/aromatic N) is 4. The summed E-state index contributed by atoms with van der Waals surface area (Å²) in [5.74, 6) is -1.14. The van der Waals surface area contributed by atoms with Crippen LogP contribution in [-0.2, 0) is 0 Å². The van der Waals surface area contributed by atoms with Gasteiger partial charge < -0.3 is 10.8 Å². The van der Waals surface area contributed by atoms with Crippen molar-refractivity contribution in [3.63, 3.8) is 0 Å². The molecule has 3 N–H and O–H groups in total. The molecule has 0 saturated heterocycles. The zero-order chi connectivity index (χ0) is 22.6. The molecule has 2 aromatic carbocycles. The van der Waals surface area contributed by atoms with Gasteiger partial charge in [-0.3, -0.25) is 0 Å². The lowest BCUT2D eigenvalue weighted by molar-refractivity contribution is -0.0535. The van der Waals surface area contributed by atoms with E-state index >= 15 is 0 Å². The minimum atomic E-state index is -0.763. The maximum atomic E-state index is 14.2. The second kappa shape index (κ2) is 7.11. The van der Waals surface area contributed by atoms with Crippen molar-refractivity contribution in [1.29, 1.82) is 5.26 Å². The first-order chi connectivity index (χ1) is 15.3. The van der Waals surface area contributed by atoms with E-state index < -0.39 is 17.2 Å². The predicted octanol–water partition coefficient (Wildman–Crippen LogP) is 4.58. The summed E-state index contributed by atoms with van der Waals surface area (Å²) in [6, 6.07) is 14.4. The van der Waals surface area contributed by atoms with Crippen LogP contribution >= 0.6 is 0 Å². The number of rotatable bonds is 3. The Morgan fingerprint density at radius 1 is 1.16 bits per heavy atom. The van der Waals surface area contributed by atoms with E-state index in [9.17, 15) is 19.1 Å². The summed E-state index contributed by atoms with van der Waals surface area (Å²) >= 11 is 0. The van der Waals surface area contributed by atoms with Crippen molar-refractivity contribution in [2.75, 3.05) is 5.73 Å². The van der Waals surface area contributed by atoms with E-state index in [1.807, 2.05) is 6.07 Å². The topological polar surface area (TPSA) is 101 Å². The molecule has 0 radical (unpaired) electrons. The van der Waals surface area contributed by atoms with Crippen molar-refractivity contribution in [2.24, 2.45) is 0 Å². The molecule has 4 aromatic rings. The smallest absolute Gasteiger partial charge is 0.140 e. The number of benzene rings is 2. The Morgan fingerprint density at radius 2 is 1.84 bits per heavy atom. The molecule has 6 nitrogen and oxygen atoms in total. The fourth-order valence-corrected chi connectivity index (χ4v) is 4.31. The van der Waals surface area contributed by atoms with Crippen molar-refractivity contribution in [3.05, 3.63) is 65.7 Å². The minimum Gasteiger partial charge on any atom is -0.390 e. The summed E-state index contributed by atoms with van der Waals surface area (Å²) in [4.78, 5) is 4.46. The van der Waals surface area contributed by atoms with E-state index in [4.69, 9.17) is 5.73 Å². The van der Waals surface area contributed by atoms with E-state index in [0.29, 0.717) is 29.6 Å². The van der Waals surface area contributed by atoms with Crippen LogP contribution in [0.2, 0.25) is 0 Å². The highest BCUT2D eigenvalue weighted by molar-refractivity contribution is 5.87. The highest BCUT2D eigenvalue weighted by Gasteiger charge is 2.41. The number of halogens is 2. The molecule has 5 rings (SSSR count). The third-order valence-corrected chi connectivity index (χ3v) is 5.94. The Balaban J connectivity index is 1.60. The van der Waals surface area contributed by atoms with Crippen LogP contribution < -0.4 is 5.73 Å². The Kier molecular flexibility index (Phi) is 4.46. The molecule has 1 fully saturated rings. The van der Waals surface area contributed by atoms with Gasteiger partial charge in [0.15, 0.2) is 0 Å². The average molecular weight is 431 g/mol. The molecule has 8 heteroatoms. The first-order valence-electron chi connectivity index (χ1n) is 10.1. The molecule has 2 heterocycles. The van der Waals surface area contributed by atoms with Crippen molar-refractivity contribution in [3.8, 4) is 28.6 Å². The van der Waals surface area contributed by atoms with Crippen LogP contribution in [0.25, 0.3) is 33.4 Å². The quantitative estimate of drug-likeness (QED) is 0.494. The molecule has 0 amide bonds. The first-order valence-corrected chi connectivity index (χ1v) is 10.1. The summed E-state index contributed by atoms with van der Waals surface area (Å²) in [5, 5.41) is 25.1. The summed E-state index contributed by atoms with van der Waals surface area (Å²) in [6.07, 6.45) is 1.00. The Bertz CT molecular complexity index is 1390. The maximum Gasteiger partial charge on any atom is 0.140 e. The standard InChI is InChI=1S/C24H19F2N5O/c1-24(32)10-15(11-24)31-23(28)16(12-27)22(30-31)14-6-5-13-7-8-19(29-20(13)9-14)21-17(25)3-2-4-18(21)26/h2-9,15,32H,10-11,28H2,1H3. The van der Waals surface area contributed by atoms with Crippen LogP contribution in [0.15, 0.2) is 48.5 Å². The van der Waals surface area contributed by atoms with Gasteiger partial charge in [0.2, 0.25) is 0 Å². The van der Waals surface area contributed by atoms with Crippen molar-refractivity contribution < 1.29 is 13.9 Å². The molecular weight excluding hydrogens is 412 g/mol. The summed E-state index contributed by atoms with van der Waals surface area (Å²) in [6.45, 7) is 1.75. The number of nitriles is 1. The largest absolute Gasteiger partial charge is 0.390 e. The second-order valence-corrected chi connectivity index (χ2v) is 8.42. The van der Waals surface area contributed by atoms with E-state index in [-0.39, 0.29) is 28.7 Å². The third kappa shape index (κ3) is 3.18. The van der Waals surface area contributed by atoms with Crippen LogP contribution in [0.4, 0.5) is 14.6 Å². The fraction of sp³-hybridized carbons (Fsp3) is 0.208. The van der Waals surface area contributed by atoms with Crippen molar-refractivity contribution in [2.45, 2.75) is 31.4 Å². The van der Waals surface area contributed by atoms with Gasteiger partial charge in [-0.25, -0.2) is 18.4 Å². The monoisotopic (exact) mass is 431 g/mol. The zero-order valence-corrected chi connectivity index (χ0v) is 17.2. The number of fused-ring (bicyclic) bond motifs is 1. The Hall–Kier alpha value is -3.83. The van der Waals surface area contributed by atoms with Gasteiger partial charge in [-0.15, -0.1) is 0 Å². The number of nitrogen functional groups attached to an aromatic ring is 1. The molecule has 1 aliphatic rings. The summed E-state index contributed by atoms with van der Waals surface area (Å²) < 4.78 is 30.1. The fourth-order valence-electron chi connectivity index (χ4n) is 4.31. The Morgan fingerprint density at radius 3 is 2.50 bits per heavy atom. The van der Waals surface area contributed by atoms with E-state index in [2.05, 4.69) is 16.2 Å². The van der Waals surface area contributed by atoms with E-state index in [0.717, 1.165) is 5.39 Å². The van der Waals surface area contributed by atoms with Gasteiger partial charge in [-0.2, -0.15) is 10.4 Å². The highest BCUT2D eigenvalue weighted by atomic mass is 19.1. The first kappa shape index (κ1) is 20.1. The number of anilines is 1. The number of aliphatic hydroxyl groups is 1. The molecule has 2 aromatic heterocycles. The normalized spacial score (nSPS) is 20.2. The van der Waals surface area contributed by atoms with Gasteiger partial charge in [0.25, 0.3) is 0 Å². The van der Waals surface area contributed by atoms with Crippen LogP contribution in [0.3, 0.4) is 0 Å². The van der Waals surface area contributed by atoms with Gasteiger partial charge >= 0.3 is 0 Å². The molecular formula is C24H19F2N5O. The summed E-state index contributed by atoms with van der Waals surface area (Å²) in [7, 11) is 0. The number of aromatic nitrogens is 3. The van der Waals surface area contributed by atoms with Gasteiger partial charge in [-0.1, -0.05) is 24.3 Å². The lowest BCUT2D eigenvalue weighted by Crippen LogP contribution is -2.42. The SMILES string of the molecule is CC1(O)CC(n2nc(-c3ccc4ccc(-c5c(F)cccc5F)nc4c3)c(C#N)c2N)C1. The molecule has 160 valence electrons. The van der Waals surface area contributed by atoms with Gasteiger partial charge in [0.1, 0.15) is 34.8 Å². The lowest BCUT2D eigenvalue weighted by Gasteiger charge is -2.41. The molecule has 1 aliphatic carbocycles. The molecule has 1 saturated carbocycles. The van der Waals surface area contributed by atoms with Gasteiger partial charge in [-0.05, 0) is 44.0 Å². The van der Waals surface area contributed by atoms with Crippen LogP contribution in [-0.4, -0.2) is 25.5 Å². The number of hydrogen-bond acceptors (Lipinski definition) is 5. The van der Waals surface area contributed by atoms with Crippen LogP contribution in [0.5, 0.6) is 0 Å². The van der Waals surface area contributed by atoms with Crippen molar-refractivity contribution >= 4 is 16.7 Å². The molecule has 32 heavy (non-hydrogen) atoms. The lowest BCUT2D eigenvalue weighted by atomic mass is 9.77. The van der Waals surface area contributed by atoms with E-state index in [1.54, 1.807) is 35.9 Å². The van der Waals surface area contributed by atoms with Crippen molar-refractivity contribution in [1.82, 2.24) is 14.8 Å². The number of pyridine rings is 1. The van der Waals surface area contributed by atoms with Gasteiger partial charge in [0.05, 0.1) is 28.4 Å². The van der Waals surface area contributed by atoms with Gasteiger partial charge in [0, 0.05) is 10.9 Å². The highest BCUT2D eigenvalue weighted by Crippen LogP contribution is 2.43. The third-order valence-electron chi connectivity index (χ3n) is 5.94. The van der Waals surface area contributed by atoms with E-state index in [1.165, 1.54) is 18.2 Å².